The third-order valence-corrected chi connectivity index (χ3v) is 3.22. The lowest BCUT2D eigenvalue weighted by Gasteiger charge is -2.04. The van der Waals surface area contributed by atoms with Crippen molar-refractivity contribution in [3.8, 4) is 5.69 Å². The summed E-state index contributed by atoms with van der Waals surface area (Å²) in [5.41, 5.74) is 1.26. The number of carbonyl (C=O) groups is 2. The van der Waals surface area contributed by atoms with E-state index < -0.39 is 11.8 Å². The first-order valence-electron chi connectivity index (χ1n) is 6.11. The highest BCUT2D eigenvalue weighted by molar-refractivity contribution is 9.10. The van der Waals surface area contributed by atoms with Crippen molar-refractivity contribution in [2.24, 2.45) is 0 Å². The smallest absolute Gasteiger partial charge is 0.313 e. The highest BCUT2D eigenvalue weighted by Gasteiger charge is 2.13. The fourth-order valence-electron chi connectivity index (χ4n) is 1.59. The Kier molecular flexibility index (Phi) is 4.89. The average Bonchev–Trinajstić information content (AvgIpc) is 2.93. The van der Waals surface area contributed by atoms with Crippen LogP contribution in [0.5, 0.6) is 0 Å². The maximum Gasteiger partial charge on any atom is 0.313 e. The Balaban J connectivity index is 2.07. The quantitative estimate of drug-likeness (QED) is 0.654. The SMILES string of the molecule is C=CCNC(=O)C(=O)Nc1cnn(-c2ccccc2Br)c1. The van der Waals surface area contributed by atoms with Gasteiger partial charge in [0.15, 0.2) is 0 Å². The van der Waals surface area contributed by atoms with Crippen LogP contribution in [0.2, 0.25) is 0 Å². The number of nitrogens with one attached hydrogen (secondary N) is 2. The monoisotopic (exact) mass is 348 g/mol. The second kappa shape index (κ2) is 6.85. The number of benzene rings is 1. The van der Waals surface area contributed by atoms with Crippen LogP contribution in [0.25, 0.3) is 5.69 Å². The van der Waals surface area contributed by atoms with E-state index >= 15 is 0 Å². The zero-order valence-electron chi connectivity index (χ0n) is 11.0. The third-order valence-electron chi connectivity index (χ3n) is 2.55. The molecule has 0 radical (unpaired) electrons. The summed E-state index contributed by atoms with van der Waals surface area (Å²) >= 11 is 3.42. The first kappa shape index (κ1) is 15.0. The molecular formula is C14H13BrN4O2. The maximum atomic E-state index is 11.6. The minimum absolute atomic E-state index is 0.239. The van der Waals surface area contributed by atoms with Crippen molar-refractivity contribution in [2.75, 3.05) is 11.9 Å². The van der Waals surface area contributed by atoms with Crippen LogP contribution in [0, 0.1) is 0 Å². The molecule has 0 saturated carbocycles. The second-order valence-corrected chi connectivity index (χ2v) is 4.93. The van der Waals surface area contributed by atoms with Crippen molar-refractivity contribution in [1.82, 2.24) is 15.1 Å². The molecule has 1 aromatic carbocycles. The summed E-state index contributed by atoms with van der Waals surface area (Å²) in [7, 11) is 0. The Morgan fingerprint density at radius 2 is 2.10 bits per heavy atom. The van der Waals surface area contributed by atoms with E-state index in [0.717, 1.165) is 10.2 Å². The fourth-order valence-corrected chi connectivity index (χ4v) is 2.06. The Hall–Kier alpha value is -2.41. The van der Waals surface area contributed by atoms with E-state index in [9.17, 15) is 9.59 Å². The standard InChI is InChI=1S/C14H13BrN4O2/c1-2-7-16-13(20)14(21)18-10-8-17-19(9-10)12-6-4-3-5-11(12)15/h2-6,8-9H,1,7H2,(H,16,20)(H,18,21). The first-order valence-corrected chi connectivity index (χ1v) is 6.90. The number of halogens is 1. The Morgan fingerprint density at radius 1 is 1.33 bits per heavy atom. The van der Waals surface area contributed by atoms with Gasteiger partial charge in [0.2, 0.25) is 0 Å². The summed E-state index contributed by atoms with van der Waals surface area (Å²) in [6.45, 7) is 3.70. The summed E-state index contributed by atoms with van der Waals surface area (Å²) in [4.78, 5) is 23.1. The van der Waals surface area contributed by atoms with Gasteiger partial charge in [-0.05, 0) is 28.1 Å². The molecule has 0 spiro atoms. The van der Waals surface area contributed by atoms with Gasteiger partial charge in [-0.15, -0.1) is 6.58 Å². The van der Waals surface area contributed by atoms with Crippen LogP contribution >= 0.6 is 15.9 Å². The fraction of sp³-hybridized carbons (Fsp3) is 0.0714. The van der Waals surface area contributed by atoms with E-state index in [2.05, 4.69) is 38.2 Å². The lowest BCUT2D eigenvalue weighted by molar-refractivity contribution is -0.136. The van der Waals surface area contributed by atoms with Gasteiger partial charge in [0.1, 0.15) is 0 Å². The summed E-state index contributed by atoms with van der Waals surface area (Å²) in [5, 5.41) is 9.02. The van der Waals surface area contributed by atoms with Gasteiger partial charge < -0.3 is 10.6 Å². The molecule has 0 aliphatic heterocycles. The van der Waals surface area contributed by atoms with Crippen LogP contribution in [0.3, 0.4) is 0 Å². The molecule has 0 bridgehead atoms. The molecule has 108 valence electrons. The van der Waals surface area contributed by atoms with Crippen molar-refractivity contribution in [3.05, 3.63) is 53.8 Å². The largest absolute Gasteiger partial charge is 0.344 e. The van der Waals surface area contributed by atoms with Gasteiger partial charge in [-0.25, -0.2) is 4.68 Å². The number of hydrogen-bond donors (Lipinski definition) is 2. The van der Waals surface area contributed by atoms with Crippen molar-refractivity contribution in [3.63, 3.8) is 0 Å². The second-order valence-electron chi connectivity index (χ2n) is 4.08. The zero-order valence-corrected chi connectivity index (χ0v) is 12.6. The van der Waals surface area contributed by atoms with Crippen LogP contribution in [-0.2, 0) is 9.59 Å². The molecule has 0 fully saturated rings. The number of anilines is 1. The van der Waals surface area contributed by atoms with Gasteiger partial charge in [-0.1, -0.05) is 18.2 Å². The van der Waals surface area contributed by atoms with Gasteiger partial charge in [-0.2, -0.15) is 5.10 Å². The van der Waals surface area contributed by atoms with Gasteiger partial charge in [0.25, 0.3) is 0 Å². The van der Waals surface area contributed by atoms with Crippen molar-refractivity contribution >= 4 is 33.4 Å². The predicted octanol–water partition coefficient (Wildman–Crippen LogP) is 1.88. The van der Waals surface area contributed by atoms with Crippen molar-refractivity contribution in [2.45, 2.75) is 0 Å². The van der Waals surface area contributed by atoms with Crippen LogP contribution in [-0.4, -0.2) is 28.1 Å². The molecule has 1 aromatic heterocycles. The topological polar surface area (TPSA) is 76.0 Å². The summed E-state index contributed by atoms with van der Waals surface area (Å²) < 4.78 is 2.47. The van der Waals surface area contributed by atoms with E-state index in [1.807, 2.05) is 24.3 Å². The number of para-hydroxylation sites is 1. The predicted molar refractivity (Wildman–Crippen MR) is 83.1 cm³/mol. The number of aromatic nitrogens is 2. The number of hydrogen-bond acceptors (Lipinski definition) is 3. The molecule has 6 nitrogen and oxygen atoms in total. The zero-order chi connectivity index (χ0) is 15.2. The van der Waals surface area contributed by atoms with E-state index in [0.29, 0.717) is 5.69 Å². The number of amides is 2. The van der Waals surface area contributed by atoms with Gasteiger partial charge >= 0.3 is 11.8 Å². The number of nitrogens with zero attached hydrogens (tertiary/aromatic N) is 2. The van der Waals surface area contributed by atoms with E-state index in [1.54, 1.807) is 10.9 Å². The molecule has 2 amide bonds. The molecule has 1 heterocycles. The van der Waals surface area contributed by atoms with Crippen LogP contribution in [0.1, 0.15) is 0 Å². The summed E-state index contributed by atoms with van der Waals surface area (Å²) in [6, 6.07) is 7.53. The first-order chi connectivity index (χ1) is 10.1. The number of carbonyl (C=O) groups excluding carboxylic acids is 2. The summed E-state index contributed by atoms with van der Waals surface area (Å²) in [5.74, 6) is -1.47. The lowest BCUT2D eigenvalue weighted by atomic mass is 10.3. The highest BCUT2D eigenvalue weighted by atomic mass is 79.9. The van der Waals surface area contributed by atoms with E-state index in [1.165, 1.54) is 12.3 Å². The molecule has 0 unspecified atom stereocenters. The molecular weight excluding hydrogens is 336 g/mol. The minimum Gasteiger partial charge on any atom is -0.344 e. The van der Waals surface area contributed by atoms with E-state index in [4.69, 9.17) is 0 Å². The number of rotatable bonds is 4. The molecule has 7 heteroatoms. The lowest BCUT2D eigenvalue weighted by Crippen LogP contribution is -2.35. The minimum atomic E-state index is -0.747. The molecule has 21 heavy (non-hydrogen) atoms. The maximum absolute atomic E-state index is 11.6. The van der Waals surface area contributed by atoms with Gasteiger partial charge in [0, 0.05) is 11.0 Å². The highest BCUT2D eigenvalue weighted by Crippen LogP contribution is 2.20. The molecule has 0 saturated heterocycles. The molecule has 0 aliphatic carbocycles. The van der Waals surface area contributed by atoms with Crippen molar-refractivity contribution < 1.29 is 9.59 Å². The molecule has 2 rings (SSSR count). The Labute approximate surface area is 130 Å². The molecule has 0 atom stereocenters. The summed E-state index contributed by atoms with van der Waals surface area (Å²) in [6.07, 6.45) is 4.59. The van der Waals surface area contributed by atoms with Gasteiger partial charge in [-0.3, -0.25) is 9.59 Å². The molecule has 0 aliphatic rings. The van der Waals surface area contributed by atoms with Crippen molar-refractivity contribution in [1.29, 1.82) is 0 Å². The molecule has 2 aromatic rings. The van der Waals surface area contributed by atoms with Crippen LogP contribution < -0.4 is 10.6 Å². The Morgan fingerprint density at radius 3 is 2.81 bits per heavy atom. The van der Waals surface area contributed by atoms with Crippen LogP contribution in [0.4, 0.5) is 5.69 Å². The van der Waals surface area contributed by atoms with E-state index in [-0.39, 0.29) is 6.54 Å². The van der Waals surface area contributed by atoms with Crippen LogP contribution in [0.15, 0.2) is 53.8 Å². The normalized spacial score (nSPS) is 9.95. The Bertz CT molecular complexity index is 681. The third kappa shape index (κ3) is 3.79. The average molecular weight is 349 g/mol. The molecule has 2 N–H and O–H groups in total. The van der Waals surface area contributed by atoms with Gasteiger partial charge in [0.05, 0.1) is 23.8 Å².